The second kappa shape index (κ2) is 47.0. The van der Waals surface area contributed by atoms with Crippen LogP contribution in [0.2, 0.25) is 10.3 Å². The van der Waals surface area contributed by atoms with E-state index in [1.165, 1.54) is 66.0 Å². The van der Waals surface area contributed by atoms with Gasteiger partial charge in [-0.1, -0.05) is 23.2 Å². The van der Waals surface area contributed by atoms with E-state index < -0.39 is 41.1 Å². The van der Waals surface area contributed by atoms with Crippen LogP contribution >= 0.6 is 35.6 Å². The number of nitrogens with one attached hydrogen (secondary N) is 5. The van der Waals surface area contributed by atoms with Gasteiger partial charge in [0.15, 0.2) is 28.4 Å². The van der Waals surface area contributed by atoms with Crippen molar-refractivity contribution in [2.45, 2.75) is 210 Å². The van der Waals surface area contributed by atoms with Crippen LogP contribution in [0.4, 0.5) is 66.4 Å². The molecule has 0 radical (unpaired) electrons. The largest absolute Gasteiger partial charge is 0.477 e. The van der Waals surface area contributed by atoms with Gasteiger partial charge in [-0.05, 0) is 169 Å². The average molecular weight is 2050 g/mol. The minimum atomic E-state index is -1.18. The molecule has 772 valence electrons. The predicted octanol–water partition coefficient (Wildman–Crippen LogP) is 11.2. The lowest BCUT2D eigenvalue weighted by Gasteiger charge is -2.25. The first-order valence-corrected chi connectivity index (χ1v) is 47.1. The van der Waals surface area contributed by atoms with E-state index in [2.05, 4.69) is 66.9 Å². The van der Waals surface area contributed by atoms with Gasteiger partial charge in [0, 0.05) is 132 Å². The van der Waals surface area contributed by atoms with Crippen molar-refractivity contribution in [2.75, 3.05) is 133 Å². The number of hydrogen-bond acceptors (Lipinski definition) is 33. The van der Waals surface area contributed by atoms with Crippen LogP contribution in [0, 0.1) is 5.92 Å². The van der Waals surface area contributed by atoms with Crippen LogP contribution < -0.4 is 69.4 Å². The number of anilines is 9. The van der Waals surface area contributed by atoms with E-state index in [0.717, 1.165) is 83.6 Å². The quantitative estimate of drug-likeness (QED) is 0.0167. The van der Waals surface area contributed by atoms with Crippen LogP contribution in [0.15, 0.2) is 118 Å². The van der Waals surface area contributed by atoms with E-state index in [4.69, 9.17) is 87.1 Å². The number of carbonyl (C=O) groups excluding carboxylic acids is 6. The summed E-state index contributed by atoms with van der Waals surface area (Å²) in [6.07, 6.45) is 18.9. The van der Waals surface area contributed by atoms with Crippen molar-refractivity contribution in [3.8, 4) is 0 Å². The van der Waals surface area contributed by atoms with Gasteiger partial charge in [-0.2, -0.15) is 38.5 Å². The number of halogens is 3. The fourth-order valence-electron chi connectivity index (χ4n) is 15.6. The van der Waals surface area contributed by atoms with Gasteiger partial charge in [-0.3, -0.25) is 43.5 Å². The molecule has 49 heteroatoms. The molecule has 0 spiro atoms. The highest BCUT2D eigenvalue weighted by atomic mass is 35.5. The van der Waals surface area contributed by atoms with Crippen LogP contribution in [-0.2, 0) is 47.4 Å². The number of hydrogen-bond donors (Lipinski definition) is 8. The summed E-state index contributed by atoms with van der Waals surface area (Å²) in [6, 6.07) is 17.0. The van der Waals surface area contributed by atoms with Crippen molar-refractivity contribution >= 4 is 152 Å². The molecule has 10 N–H and O–H groups in total. The normalized spacial score (nSPS) is 20.3. The molecule has 11 atom stereocenters. The van der Waals surface area contributed by atoms with Crippen LogP contribution in [0.5, 0.6) is 0 Å². The topological polar surface area (TPSA) is 541 Å². The van der Waals surface area contributed by atoms with E-state index in [0.29, 0.717) is 108 Å². The first-order valence-electron chi connectivity index (χ1n) is 46.3. The SMILES string of the molecule is CN(C(=O)OC(C)(C)C)c1cc(Cl)nc2c(C(=O)O)cnn12.CNc1cc(Nc2cccn([C@H]3CCCOC3)c2=O)nc2c(C(=O)NC3C[C@@H]3OC)cnn12.COC1C[C@H]1N.CO[C@H]1CC1CC(=O)c1cnn2c(N(C)C(=O)OC(C)(C)C)cc(Cl)nc12.CO[C@H]1CC1NC(=O)c1cnn2c(N(C)C(=O)OC(C)(C)C)cc(Nc3cccn([C@H]4CCCOC4)c3=O)nc12.Cl.Nc1cccn([C@H]2CCCOC2)c1=O. The minimum Gasteiger partial charge on any atom is -0.477 e. The van der Waals surface area contributed by atoms with Crippen molar-refractivity contribution in [1.82, 2.24) is 82.7 Å². The van der Waals surface area contributed by atoms with E-state index in [1.807, 2.05) is 6.07 Å². The van der Waals surface area contributed by atoms with Gasteiger partial charge in [0.2, 0.25) is 0 Å². The van der Waals surface area contributed by atoms with Crippen molar-refractivity contribution in [1.29, 1.82) is 0 Å². The molecular weight excluding hydrogens is 1920 g/mol. The molecule has 4 aliphatic carbocycles. The van der Waals surface area contributed by atoms with Crippen molar-refractivity contribution in [3.63, 3.8) is 0 Å². The summed E-state index contributed by atoms with van der Waals surface area (Å²) in [5, 5.41) is 41.3. The molecule has 3 aliphatic heterocycles. The molecule has 7 aliphatic rings. The number of ether oxygens (including phenoxy) is 10. The second-order valence-electron chi connectivity index (χ2n) is 37.8. The summed E-state index contributed by atoms with van der Waals surface area (Å²) in [5.41, 5.74) is 11.2. The summed E-state index contributed by atoms with van der Waals surface area (Å²) in [7, 11) is 12.9. The fourth-order valence-corrected chi connectivity index (χ4v) is 16.0. The zero-order valence-electron chi connectivity index (χ0n) is 82.7. The number of aromatic carboxylic acids is 1. The predicted molar refractivity (Wildman–Crippen MR) is 535 cm³/mol. The fraction of sp³-hybridized carbons (Fsp3) is 0.511. The van der Waals surface area contributed by atoms with Gasteiger partial charge in [-0.25, -0.2) is 39.1 Å². The molecule has 11 aromatic rings. The number of ketones is 1. The van der Waals surface area contributed by atoms with Crippen LogP contribution in [0.1, 0.15) is 193 Å². The molecule has 46 nitrogen and oxygen atoms in total. The molecule has 18 rings (SSSR count). The van der Waals surface area contributed by atoms with Gasteiger partial charge in [0.05, 0.1) is 110 Å². The lowest BCUT2D eigenvalue weighted by Crippen LogP contribution is -2.35. The monoisotopic (exact) mass is 2040 g/mol. The third kappa shape index (κ3) is 27.7. The summed E-state index contributed by atoms with van der Waals surface area (Å²) >= 11 is 12.1. The van der Waals surface area contributed by atoms with E-state index >= 15 is 0 Å². The van der Waals surface area contributed by atoms with Gasteiger partial charge >= 0.3 is 24.2 Å². The Kier molecular flexibility index (Phi) is 35.8. The number of carbonyl (C=O) groups is 7. The highest BCUT2D eigenvalue weighted by Gasteiger charge is 2.43. The third-order valence-corrected chi connectivity index (χ3v) is 23.9. The van der Waals surface area contributed by atoms with Gasteiger partial charge in [0.25, 0.3) is 28.5 Å². The number of nitrogens with zero attached hydrogens (tertiary/aromatic N) is 18. The maximum absolute atomic E-state index is 13.4. The maximum Gasteiger partial charge on any atom is 0.415 e. The number of methoxy groups -OCH3 is 4. The van der Waals surface area contributed by atoms with Crippen LogP contribution in [0.3, 0.4) is 0 Å². The molecule has 0 bridgehead atoms. The number of fused-ring (bicyclic) bond motifs is 4. The second-order valence-corrected chi connectivity index (χ2v) is 38.6. The summed E-state index contributed by atoms with van der Waals surface area (Å²) in [6.45, 7) is 19.7. The number of rotatable bonds is 23. The smallest absolute Gasteiger partial charge is 0.415 e. The molecule has 11 aromatic heterocycles. The zero-order chi connectivity index (χ0) is 103. The van der Waals surface area contributed by atoms with Gasteiger partial charge < -0.3 is 104 Å². The summed E-state index contributed by atoms with van der Waals surface area (Å²) < 4.78 is 63.9. The number of pyridine rings is 3. The first kappa shape index (κ1) is 109. The molecule has 5 amide bonds. The van der Waals surface area contributed by atoms with Gasteiger partial charge in [-0.15, -0.1) is 12.4 Å². The minimum absolute atomic E-state index is 0. The number of nitrogens with two attached hydrogens (primary N) is 2. The van der Waals surface area contributed by atoms with Crippen LogP contribution in [-0.4, -0.2) is 275 Å². The van der Waals surface area contributed by atoms with E-state index in [1.54, 1.807) is 191 Å². The number of nitrogen functional groups attached to an aromatic ring is 1. The molecule has 4 unspecified atom stereocenters. The average Bonchev–Trinajstić information content (AvgIpc) is 1.64. The van der Waals surface area contributed by atoms with Crippen molar-refractivity contribution in [3.05, 3.63) is 168 Å². The third-order valence-electron chi connectivity index (χ3n) is 23.5. The molecule has 4 saturated carbocycles. The Balaban J connectivity index is 0.000000162. The Labute approximate surface area is 838 Å². The molecule has 7 fully saturated rings. The van der Waals surface area contributed by atoms with Gasteiger partial charge in [0.1, 0.15) is 90.1 Å². The molecule has 14 heterocycles. The lowest BCUT2D eigenvalue weighted by atomic mass is 10.1. The Bertz CT molecular complexity index is 6580. The summed E-state index contributed by atoms with van der Waals surface area (Å²) in [5.74, 6) is 0.539. The molecular formula is C94H124Cl3N25O21. The number of amides is 5. The van der Waals surface area contributed by atoms with Crippen LogP contribution in [0.25, 0.3) is 22.6 Å². The maximum atomic E-state index is 13.4. The van der Waals surface area contributed by atoms with E-state index in [-0.39, 0.29) is 145 Å². The highest BCUT2D eigenvalue weighted by Crippen LogP contribution is 2.39. The highest BCUT2D eigenvalue weighted by molar-refractivity contribution is 6.30. The number of aromatic nitrogens is 15. The Hall–Kier alpha value is -13.0. The number of carboxylic acids is 1. The first-order chi connectivity index (χ1) is 67.5. The van der Waals surface area contributed by atoms with Crippen molar-refractivity contribution < 1.29 is 86.0 Å². The lowest BCUT2D eigenvalue weighted by molar-refractivity contribution is 0.0577. The number of carboxylic acid groups (broad SMARTS) is 1. The Morgan fingerprint density at radius 1 is 0.490 bits per heavy atom. The molecule has 3 saturated heterocycles. The number of Topliss-reactive ketones (excluding diaryl/α,β-unsaturated/α-hetero) is 1. The Morgan fingerprint density at radius 2 is 0.853 bits per heavy atom. The summed E-state index contributed by atoms with van der Waals surface area (Å²) in [4.78, 5) is 147. The standard InChI is InChI=1S/C27H35N7O6.C22H27N7O4.C18H23ClN4O4.C13H15ClN4O4.C10H14N2O2.C4H9NO.ClH/c1-27(2,3)40-26(37)32(4)22-13-21(29-18-9-6-10-33(25(18)36)16-8-7-11-39-15-16)31-23-17(14-28-34(22)23)24(35)30-19-12-20(19)38-5;1-23-19-10-18(25-15-6-3-7-28(22(15)31)13-5-4-8-33-12-13)27-20-14(11-24-29(19)20)21(30)26-16-9-17(16)32-2;1-18(2,3)27-17(25)22(4)15-8-14(19)21-16-11(9-20-23(15)16)12(24)6-10-7-13(10)26-5;1-13(2,3)22-12(21)17(4)9-5-8(14)16-10-7(11(19)20)6-15-18(9)10;11-9-4-1-5-12(10(9)13)8-3-2-6-14-7-8;1-6-4-2-3(4)5;/h6,9-10,13-14,16,19-20H,7-8,11-12,15H2,1-5H3,(H,29,31)(H,30,35);3,6-7,10-11,13,16-17,23H,4-5,8-9,12H2,1-2H3,(H,25,27)(H,26,30);8-10,13H,6-7H2,1-5H3;5-6H,1-4H3,(H,19,20);1,4-5,8H,2-3,6-7,11H2;3-4H,2,5H2,1H3;1H/t16-,19?,20-;13-,16?,17-;10?,13-;;8-;3-,4?;/m000.01./s1. The van der Waals surface area contributed by atoms with E-state index in [9.17, 15) is 47.9 Å². The molecule has 143 heavy (non-hydrogen) atoms. The molecule has 0 aromatic carbocycles. The Morgan fingerprint density at radius 3 is 1.22 bits per heavy atom. The zero-order valence-corrected chi connectivity index (χ0v) is 85.0. The van der Waals surface area contributed by atoms with Crippen molar-refractivity contribution in [2.24, 2.45) is 11.7 Å².